The van der Waals surface area contributed by atoms with Crippen LogP contribution in [0, 0.1) is 17.3 Å². The molecule has 1 heterocycles. The predicted octanol–water partition coefficient (Wildman–Crippen LogP) is 0.359. The lowest BCUT2D eigenvalue weighted by Gasteiger charge is -2.51. The number of carbonyl (C=O) groups is 2. The number of hydrogen-bond acceptors (Lipinski definition) is 4. The number of rotatable bonds is 4. The van der Waals surface area contributed by atoms with Gasteiger partial charge in [-0.2, -0.15) is 0 Å². The molecular weight excluding hydrogens is 262 g/mol. The number of ether oxygens (including phenoxy) is 1. The van der Waals surface area contributed by atoms with Gasteiger partial charge in [0.25, 0.3) is 0 Å². The monoisotopic (exact) mass is 287 g/mol. The van der Waals surface area contributed by atoms with Crippen molar-refractivity contribution in [2.24, 2.45) is 17.3 Å². The summed E-state index contributed by atoms with van der Waals surface area (Å²) in [5.74, 6) is -0.839. The molecule has 0 aromatic heterocycles. The van der Waals surface area contributed by atoms with Crippen LogP contribution in [0.5, 0.6) is 0 Å². The van der Waals surface area contributed by atoms with Gasteiger partial charge >= 0.3 is 5.97 Å². The number of hydrogen-bond donors (Lipinski definition) is 1. The van der Waals surface area contributed by atoms with Crippen molar-refractivity contribution < 1.29 is 18.8 Å². The van der Waals surface area contributed by atoms with E-state index in [0.717, 1.165) is 0 Å². The summed E-state index contributed by atoms with van der Waals surface area (Å²) >= 11 is 0. The van der Waals surface area contributed by atoms with E-state index in [-0.39, 0.29) is 29.1 Å². The van der Waals surface area contributed by atoms with Crippen molar-refractivity contribution in [2.45, 2.75) is 53.4 Å². The molecule has 1 saturated heterocycles. The Hall–Kier alpha value is -0.883. The second-order valence-electron chi connectivity index (χ2n) is 6.72. The summed E-state index contributed by atoms with van der Waals surface area (Å²) in [4.78, 5) is 23.0. The van der Waals surface area contributed by atoms with Gasteiger partial charge in [-0.05, 0) is 19.3 Å². The molecule has 1 aliphatic rings. The Morgan fingerprint density at radius 2 is 1.84 bits per heavy atom. The van der Waals surface area contributed by atoms with Crippen molar-refractivity contribution in [2.75, 3.05) is 0 Å². The third-order valence-electron chi connectivity index (χ3n) is 3.77. The van der Waals surface area contributed by atoms with Crippen molar-refractivity contribution >= 4 is 22.4 Å². The molecule has 0 bridgehead atoms. The van der Waals surface area contributed by atoms with Crippen LogP contribution in [0.25, 0.3) is 0 Å². The maximum absolute atomic E-state index is 11.9. The van der Waals surface area contributed by atoms with E-state index >= 15 is 0 Å². The molecule has 1 rings (SSSR count). The number of esters is 1. The third kappa shape index (κ3) is 3.36. The van der Waals surface area contributed by atoms with Gasteiger partial charge in [0.1, 0.15) is 16.4 Å². The molecule has 5 nitrogen and oxygen atoms in total. The van der Waals surface area contributed by atoms with Crippen molar-refractivity contribution in [3.05, 3.63) is 0 Å². The normalized spacial score (nSPS) is 25.5. The minimum atomic E-state index is -0.537. The average Bonchev–Trinajstić information content (AvgIpc) is 2.22. The molecule has 1 N–H and O–H groups in total. The molecule has 0 aromatic rings. The number of amides is 1. The van der Waals surface area contributed by atoms with Crippen LogP contribution >= 0.6 is 0 Å². The molecule has 0 aromatic carbocycles. The summed E-state index contributed by atoms with van der Waals surface area (Å²) in [5, 5.41) is 2.65. The van der Waals surface area contributed by atoms with Crippen molar-refractivity contribution in [3.63, 3.8) is 0 Å². The quantitative estimate of drug-likeness (QED) is 0.461. The zero-order chi connectivity index (χ0) is 15.0. The van der Waals surface area contributed by atoms with E-state index in [9.17, 15) is 9.59 Å². The molecule has 3 atom stereocenters. The van der Waals surface area contributed by atoms with Gasteiger partial charge in [0.2, 0.25) is 5.91 Å². The Morgan fingerprint density at radius 1 is 1.32 bits per heavy atom. The highest BCUT2D eigenvalue weighted by Gasteiger charge is 2.55. The van der Waals surface area contributed by atoms with Crippen molar-refractivity contribution in [1.29, 1.82) is 0 Å². The van der Waals surface area contributed by atoms with Crippen LogP contribution in [0.3, 0.4) is 0 Å². The molecule has 0 saturated carbocycles. The summed E-state index contributed by atoms with van der Waals surface area (Å²) in [5.41, 5.74) is -0.556. The van der Waals surface area contributed by atoms with E-state index in [1.54, 1.807) is 0 Å². The first-order valence-corrected chi connectivity index (χ1v) is 7.35. The first-order chi connectivity index (χ1) is 8.50. The maximum Gasteiger partial charge on any atom is 0.304 e. The number of β-lactam (4-membered cyclic amide) rings is 1. The van der Waals surface area contributed by atoms with E-state index in [1.165, 1.54) is 6.92 Å². The average molecular weight is 287 g/mol. The minimum absolute atomic E-state index is 0.0319. The summed E-state index contributed by atoms with van der Waals surface area (Å²) < 4.78 is 10.9. The lowest BCUT2D eigenvalue weighted by molar-refractivity contribution is -0.183. The van der Waals surface area contributed by atoms with Gasteiger partial charge in [-0.1, -0.05) is 20.8 Å². The number of nitrogens with one attached hydrogen (secondary N) is 1. The fraction of sp³-hybridized carbons (Fsp3) is 0.846. The van der Waals surface area contributed by atoms with Crippen LogP contribution < -0.4 is 5.32 Å². The maximum atomic E-state index is 11.9. The third-order valence-corrected chi connectivity index (χ3v) is 4.83. The molecule has 19 heavy (non-hydrogen) atoms. The van der Waals surface area contributed by atoms with Gasteiger partial charge in [0, 0.05) is 12.8 Å². The smallest absolute Gasteiger partial charge is 0.304 e. The Kier molecular flexibility index (Phi) is 4.46. The highest BCUT2D eigenvalue weighted by Crippen LogP contribution is 2.45. The first-order valence-electron chi connectivity index (χ1n) is 6.53. The SMILES string of the molecule is CC(=O)O[C@H]1NC(=O)[C@@H]1[C@H](C(C)(C)C)C(C)(C)O[SiH3]. The Balaban J connectivity index is 3.04. The Morgan fingerprint density at radius 3 is 2.16 bits per heavy atom. The molecule has 0 spiro atoms. The summed E-state index contributed by atoms with van der Waals surface area (Å²) in [6, 6.07) is 0. The van der Waals surface area contributed by atoms with Crippen LogP contribution in [0.15, 0.2) is 0 Å². The molecule has 110 valence electrons. The molecule has 0 radical (unpaired) electrons. The van der Waals surface area contributed by atoms with Gasteiger partial charge in [0.15, 0.2) is 6.23 Å². The lowest BCUT2D eigenvalue weighted by Crippen LogP contribution is -2.67. The van der Waals surface area contributed by atoms with E-state index in [1.807, 2.05) is 13.8 Å². The summed E-state index contributed by atoms with van der Waals surface area (Å²) in [6.07, 6.45) is -0.537. The Bertz CT molecular complexity index is 375. The zero-order valence-electron chi connectivity index (χ0n) is 12.9. The molecule has 0 unspecified atom stereocenters. The van der Waals surface area contributed by atoms with Crippen LogP contribution in [0.1, 0.15) is 41.5 Å². The minimum Gasteiger partial charge on any atom is -0.441 e. The van der Waals surface area contributed by atoms with Gasteiger partial charge in [-0.3, -0.25) is 9.59 Å². The van der Waals surface area contributed by atoms with Crippen LogP contribution in [-0.4, -0.2) is 34.2 Å². The van der Waals surface area contributed by atoms with Gasteiger partial charge in [0.05, 0.1) is 5.60 Å². The van der Waals surface area contributed by atoms with E-state index in [0.29, 0.717) is 10.5 Å². The fourth-order valence-corrected chi connectivity index (χ4v) is 3.37. The fourth-order valence-electron chi connectivity index (χ4n) is 3.12. The van der Waals surface area contributed by atoms with Crippen LogP contribution in [0.2, 0.25) is 0 Å². The van der Waals surface area contributed by atoms with Crippen molar-refractivity contribution in [1.82, 2.24) is 5.32 Å². The lowest BCUT2D eigenvalue weighted by atomic mass is 9.63. The molecule has 6 heteroatoms. The topological polar surface area (TPSA) is 64.6 Å². The number of carbonyl (C=O) groups excluding carboxylic acids is 2. The largest absolute Gasteiger partial charge is 0.441 e. The van der Waals surface area contributed by atoms with Gasteiger partial charge < -0.3 is 14.5 Å². The summed E-state index contributed by atoms with van der Waals surface area (Å²) in [7, 11) is 0.597. The molecule has 1 amide bonds. The molecule has 1 fully saturated rings. The zero-order valence-corrected chi connectivity index (χ0v) is 14.9. The van der Waals surface area contributed by atoms with Crippen LogP contribution in [-0.2, 0) is 18.8 Å². The van der Waals surface area contributed by atoms with Gasteiger partial charge in [-0.15, -0.1) is 0 Å². The second kappa shape index (κ2) is 5.24. The second-order valence-corrected chi connectivity index (χ2v) is 7.12. The summed E-state index contributed by atoms with van der Waals surface area (Å²) in [6.45, 7) is 11.6. The molecular formula is C13H25NO4Si. The Labute approximate surface area is 118 Å². The van der Waals surface area contributed by atoms with Gasteiger partial charge in [-0.25, -0.2) is 0 Å². The highest BCUT2D eigenvalue weighted by atomic mass is 28.2. The van der Waals surface area contributed by atoms with E-state index in [4.69, 9.17) is 9.16 Å². The highest BCUT2D eigenvalue weighted by molar-refractivity contribution is 5.98. The molecule has 0 aliphatic carbocycles. The van der Waals surface area contributed by atoms with E-state index < -0.39 is 11.8 Å². The van der Waals surface area contributed by atoms with Crippen molar-refractivity contribution in [3.8, 4) is 0 Å². The van der Waals surface area contributed by atoms with E-state index in [2.05, 4.69) is 26.1 Å². The predicted molar refractivity (Wildman–Crippen MR) is 75.2 cm³/mol. The first kappa shape index (κ1) is 16.2. The molecule has 1 aliphatic heterocycles. The standard InChI is InChI=1S/C13H25NO4Si/c1-7(15)17-11-8(10(16)14-11)9(12(2,3)4)13(5,6)18-19/h8-9,11H,1-6,19H3,(H,14,16)/t8-,9+,11+/m0/s1. The van der Waals surface area contributed by atoms with Crippen LogP contribution in [0.4, 0.5) is 0 Å².